The maximum Gasteiger partial charge on any atom is 0.303 e. The first-order valence-electron chi connectivity index (χ1n) is 12.9. The van der Waals surface area contributed by atoms with Gasteiger partial charge in [-0.3, -0.25) is 14.4 Å². The lowest BCUT2D eigenvalue weighted by atomic mass is 9.54. The van der Waals surface area contributed by atoms with Crippen LogP contribution in [-0.4, -0.2) is 51.7 Å². The Bertz CT molecular complexity index is 1170. The second kappa shape index (κ2) is 10.0. The standard InChI is InChI=1S/C30H37NO6/c1-17-10-9-13-22-26(33)19(3)18(2)25-23(16-21-11-7-6-8-12-21)31-28(35)30(22,25)24(37-20(4)32)14-15-29(5,36)27(17)34/h6-9,11-15,17,22-26,33,36H,10,16H2,1-5H3,(H,31,35)/t17-,22-,23-,24+,25?,26+,29+,30+/m0/s1. The van der Waals surface area contributed by atoms with Gasteiger partial charge in [0.25, 0.3) is 0 Å². The van der Waals surface area contributed by atoms with Gasteiger partial charge >= 0.3 is 5.97 Å². The summed E-state index contributed by atoms with van der Waals surface area (Å²) in [5.74, 6) is -2.92. The fraction of sp³-hybridized carbons (Fsp3) is 0.500. The molecule has 0 aromatic heterocycles. The van der Waals surface area contributed by atoms with Crippen LogP contribution in [0, 0.1) is 23.2 Å². The molecular weight excluding hydrogens is 470 g/mol. The van der Waals surface area contributed by atoms with Gasteiger partial charge < -0.3 is 20.3 Å². The van der Waals surface area contributed by atoms with Gasteiger partial charge in [0.2, 0.25) is 5.91 Å². The predicted octanol–water partition coefficient (Wildman–Crippen LogP) is 3.06. The van der Waals surface area contributed by atoms with Crippen LogP contribution in [0.2, 0.25) is 0 Å². The van der Waals surface area contributed by atoms with Crippen molar-refractivity contribution in [2.45, 2.75) is 71.3 Å². The first-order chi connectivity index (χ1) is 17.4. The summed E-state index contributed by atoms with van der Waals surface area (Å²) in [4.78, 5) is 39.5. The molecule has 2 aliphatic carbocycles. The topological polar surface area (TPSA) is 113 Å². The average Bonchev–Trinajstić information content (AvgIpc) is 3.13. The summed E-state index contributed by atoms with van der Waals surface area (Å²) in [6.07, 6.45) is 5.17. The summed E-state index contributed by atoms with van der Waals surface area (Å²) in [6.45, 7) is 8.20. The largest absolute Gasteiger partial charge is 0.457 e. The van der Waals surface area contributed by atoms with Crippen LogP contribution in [-0.2, 0) is 25.5 Å². The van der Waals surface area contributed by atoms with Crippen molar-refractivity contribution in [1.29, 1.82) is 0 Å². The van der Waals surface area contributed by atoms with Gasteiger partial charge in [-0.1, -0.05) is 55.0 Å². The van der Waals surface area contributed by atoms with Crippen LogP contribution in [0.1, 0.15) is 46.6 Å². The number of allylic oxidation sites excluding steroid dienone is 1. The highest BCUT2D eigenvalue weighted by Gasteiger charge is 2.67. The Labute approximate surface area is 218 Å². The van der Waals surface area contributed by atoms with Crippen LogP contribution in [0.3, 0.4) is 0 Å². The zero-order valence-corrected chi connectivity index (χ0v) is 22.1. The molecule has 7 heteroatoms. The molecule has 1 unspecified atom stereocenters. The lowest BCUT2D eigenvalue weighted by Crippen LogP contribution is -2.58. The molecule has 3 aliphatic rings. The third kappa shape index (κ3) is 4.59. The molecule has 3 N–H and O–H groups in total. The van der Waals surface area contributed by atoms with E-state index in [1.807, 2.05) is 44.2 Å². The van der Waals surface area contributed by atoms with Crippen LogP contribution in [0.5, 0.6) is 0 Å². The summed E-state index contributed by atoms with van der Waals surface area (Å²) in [6, 6.07) is 9.52. The lowest BCUT2D eigenvalue weighted by Gasteiger charge is -2.49. The van der Waals surface area contributed by atoms with Crippen molar-refractivity contribution in [3.05, 3.63) is 71.3 Å². The number of benzene rings is 1. The number of ether oxygens (including phenoxy) is 1. The normalized spacial score (nSPS) is 37.9. The molecule has 1 aromatic rings. The van der Waals surface area contributed by atoms with E-state index in [2.05, 4.69) is 5.32 Å². The monoisotopic (exact) mass is 507 g/mol. The third-order valence-corrected chi connectivity index (χ3v) is 8.49. The second-order valence-electron chi connectivity index (χ2n) is 11.0. The minimum Gasteiger partial charge on any atom is -0.457 e. The molecular formula is C30H37NO6. The molecule has 1 spiro atoms. The molecule has 1 aromatic carbocycles. The van der Waals surface area contributed by atoms with Gasteiger partial charge in [-0.15, -0.1) is 0 Å². The van der Waals surface area contributed by atoms with Crippen LogP contribution in [0.4, 0.5) is 0 Å². The highest BCUT2D eigenvalue weighted by atomic mass is 16.5. The van der Waals surface area contributed by atoms with Crippen molar-refractivity contribution in [2.75, 3.05) is 0 Å². The number of rotatable bonds is 3. The summed E-state index contributed by atoms with van der Waals surface area (Å²) in [5, 5.41) is 25.7. The quantitative estimate of drug-likeness (QED) is 0.428. The molecule has 37 heavy (non-hydrogen) atoms. The molecule has 7 nitrogen and oxygen atoms in total. The number of ketones is 1. The zero-order chi connectivity index (χ0) is 27.1. The predicted molar refractivity (Wildman–Crippen MR) is 139 cm³/mol. The number of Topliss-reactive ketones (excluding diaryl/α,β-unsaturated/α-hetero) is 1. The number of aliphatic hydroxyl groups excluding tert-OH is 1. The van der Waals surface area contributed by atoms with Crippen molar-refractivity contribution in [3.8, 4) is 0 Å². The van der Waals surface area contributed by atoms with Crippen LogP contribution >= 0.6 is 0 Å². The molecule has 0 radical (unpaired) electrons. The molecule has 0 bridgehead atoms. The summed E-state index contributed by atoms with van der Waals surface area (Å²) in [7, 11) is 0. The van der Waals surface area contributed by atoms with E-state index in [-0.39, 0.29) is 17.7 Å². The number of nitrogens with one attached hydrogen (secondary N) is 1. The third-order valence-electron chi connectivity index (χ3n) is 8.49. The number of hydrogen-bond donors (Lipinski definition) is 3. The van der Waals surface area contributed by atoms with Crippen molar-refractivity contribution in [3.63, 3.8) is 0 Å². The number of carbonyl (C=O) groups is 3. The first kappa shape index (κ1) is 27.0. The molecule has 1 amide bonds. The second-order valence-corrected chi connectivity index (χ2v) is 11.0. The van der Waals surface area contributed by atoms with E-state index in [0.29, 0.717) is 12.8 Å². The highest BCUT2D eigenvalue weighted by Crippen LogP contribution is 2.57. The van der Waals surface area contributed by atoms with E-state index in [9.17, 15) is 24.6 Å². The highest BCUT2D eigenvalue weighted by molar-refractivity contribution is 5.91. The van der Waals surface area contributed by atoms with Gasteiger partial charge in [-0.25, -0.2) is 0 Å². The maximum atomic E-state index is 14.2. The van der Waals surface area contributed by atoms with E-state index in [0.717, 1.165) is 16.7 Å². The fourth-order valence-corrected chi connectivity index (χ4v) is 6.54. The van der Waals surface area contributed by atoms with E-state index in [4.69, 9.17) is 4.74 Å². The van der Waals surface area contributed by atoms with Gasteiger partial charge in [0.05, 0.1) is 6.10 Å². The Balaban J connectivity index is 1.96. The smallest absolute Gasteiger partial charge is 0.303 e. The van der Waals surface area contributed by atoms with Crippen molar-refractivity contribution >= 4 is 17.7 Å². The van der Waals surface area contributed by atoms with E-state index in [1.54, 1.807) is 19.1 Å². The summed E-state index contributed by atoms with van der Waals surface area (Å²) >= 11 is 0. The number of amides is 1. The Kier molecular flexibility index (Phi) is 7.32. The molecule has 198 valence electrons. The average molecular weight is 508 g/mol. The number of hydrogen-bond acceptors (Lipinski definition) is 6. The first-order valence-corrected chi connectivity index (χ1v) is 12.9. The van der Waals surface area contributed by atoms with Crippen molar-refractivity contribution in [1.82, 2.24) is 5.32 Å². The summed E-state index contributed by atoms with van der Waals surface area (Å²) < 4.78 is 5.82. The van der Waals surface area contributed by atoms with Crippen LogP contribution in [0.25, 0.3) is 0 Å². The van der Waals surface area contributed by atoms with Gasteiger partial charge in [-0.05, 0) is 56.9 Å². The van der Waals surface area contributed by atoms with E-state index < -0.39 is 46.9 Å². The van der Waals surface area contributed by atoms with Gasteiger partial charge in [0.1, 0.15) is 17.1 Å². The van der Waals surface area contributed by atoms with Gasteiger partial charge in [0.15, 0.2) is 5.78 Å². The molecule has 4 rings (SSSR count). The van der Waals surface area contributed by atoms with Gasteiger partial charge in [-0.2, -0.15) is 0 Å². The molecule has 1 saturated heterocycles. The fourth-order valence-electron chi connectivity index (χ4n) is 6.54. The molecule has 0 saturated carbocycles. The van der Waals surface area contributed by atoms with Gasteiger partial charge in [0, 0.05) is 30.7 Å². The minimum absolute atomic E-state index is 0.314. The zero-order valence-electron chi connectivity index (χ0n) is 22.1. The molecule has 1 aliphatic heterocycles. The Morgan fingerprint density at radius 1 is 1.14 bits per heavy atom. The van der Waals surface area contributed by atoms with Crippen molar-refractivity contribution < 1.29 is 29.3 Å². The number of carbonyl (C=O) groups excluding carboxylic acids is 3. The lowest BCUT2D eigenvalue weighted by molar-refractivity contribution is -0.161. The molecule has 1 fully saturated rings. The maximum absolute atomic E-state index is 14.2. The van der Waals surface area contributed by atoms with E-state index in [1.165, 1.54) is 26.0 Å². The van der Waals surface area contributed by atoms with Crippen molar-refractivity contribution in [2.24, 2.45) is 23.2 Å². The van der Waals surface area contributed by atoms with Crippen LogP contribution < -0.4 is 5.32 Å². The SMILES string of the molecule is CC(=O)O[C@@H]1C=C[C@@](C)(O)C(=O)[C@@H](C)CC=C[C@H]2[C@H](O)C(C)=C(C)C3[C@H](Cc4ccccc4)NC(=O)[C@@]312. The summed E-state index contributed by atoms with van der Waals surface area (Å²) in [5.41, 5.74) is -0.500. The Morgan fingerprint density at radius 3 is 2.46 bits per heavy atom. The number of esters is 1. The van der Waals surface area contributed by atoms with Crippen LogP contribution in [0.15, 0.2) is 65.8 Å². The van der Waals surface area contributed by atoms with E-state index >= 15 is 0 Å². The molecule has 1 heterocycles. The Morgan fingerprint density at radius 2 is 1.81 bits per heavy atom. The molecule has 8 atom stereocenters. The number of aliphatic hydroxyl groups is 2. The Hall–Kier alpha value is -3.03. The minimum atomic E-state index is -1.82.